The zero-order valence-corrected chi connectivity index (χ0v) is 12.8. The van der Waals surface area contributed by atoms with Crippen LogP contribution in [0.4, 0.5) is 5.69 Å². The highest BCUT2D eigenvalue weighted by molar-refractivity contribution is 7.99. The summed E-state index contributed by atoms with van der Waals surface area (Å²) >= 11 is 1.81. The third-order valence-electron chi connectivity index (χ3n) is 3.82. The van der Waals surface area contributed by atoms with Crippen LogP contribution < -0.4 is 4.90 Å². The van der Waals surface area contributed by atoms with Gasteiger partial charge in [0, 0.05) is 16.8 Å². The van der Waals surface area contributed by atoms with Gasteiger partial charge in [0.05, 0.1) is 5.69 Å². The van der Waals surface area contributed by atoms with Gasteiger partial charge in [-0.15, -0.1) is 11.8 Å². The van der Waals surface area contributed by atoms with Gasteiger partial charge in [-0.05, 0) is 36.4 Å². The second kappa shape index (κ2) is 5.54. The van der Waals surface area contributed by atoms with E-state index in [1.807, 2.05) is 53.4 Å². The van der Waals surface area contributed by atoms with Crippen LogP contribution >= 0.6 is 11.8 Å². The maximum atomic E-state index is 12.9. The minimum absolute atomic E-state index is 0.0637. The molecule has 1 aliphatic heterocycles. The smallest absolute Gasteiger partial charge is 0.294 e. The number of rotatable bonds is 1. The third kappa shape index (κ3) is 2.29. The Labute approximate surface area is 132 Å². The molecule has 4 heteroatoms. The molecule has 0 spiro atoms. The molecule has 1 amide bonds. The molecule has 0 saturated heterocycles. The Hall–Kier alpha value is -2.20. The summed E-state index contributed by atoms with van der Waals surface area (Å²) in [6, 6.07) is 17.6. The van der Waals surface area contributed by atoms with Gasteiger partial charge in [-0.25, -0.2) is 0 Å². The number of furan rings is 1. The van der Waals surface area contributed by atoms with Crippen LogP contribution in [0.15, 0.2) is 63.9 Å². The summed E-state index contributed by atoms with van der Waals surface area (Å²) < 4.78 is 5.74. The van der Waals surface area contributed by atoms with Crippen molar-refractivity contribution in [3.8, 4) is 0 Å². The maximum absolute atomic E-state index is 12.9. The van der Waals surface area contributed by atoms with Crippen molar-refractivity contribution in [2.75, 3.05) is 17.2 Å². The average Bonchev–Trinajstić information content (AvgIpc) is 2.87. The fourth-order valence-corrected chi connectivity index (χ4v) is 3.75. The summed E-state index contributed by atoms with van der Waals surface area (Å²) in [5.74, 6) is 1.37. The van der Waals surface area contributed by atoms with E-state index in [1.165, 1.54) is 0 Å². The number of benzene rings is 2. The number of carbonyl (C=O) groups excluding carboxylic acids is 1. The highest BCUT2D eigenvalue weighted by Gasteiger charge is 2.24. The Morgan fingerprint density at radius 3 is 2.82 bits per heavy atom. The topological polar surface area (TPSA) is 33.5 Å². The fraction of sp³-hybridized carbons (Fsp3) is 0.167. The van der Waals surface area contributed by atoms with Crippen LogP contribution in [-0.4, -0.2) is 18.2 Å². The molecular formula is C18H15NO2S. The molecule has 0 radical (unpaired) electrons. The molecule has 2 aromatic carbocycles. The van der Waals surface area contributed by atoms with E-state index in [1.54, 1.807) is 11.8 Å². The molecule has 0 saturated carbocycles. The number of fused-ring (bicyclic) bond motifs is 2. The van der Waals surface area contributed by atoms with Crippen LogP contribution in [-0.2, 0) is 0 Å². The first kappa shape index (κ1) is 13.5. The van der Waals surface area contributed by atoms with Crippen molar-refractivity contribution in [3.63, 3.8) is 0 Å². The molecule has 0 bridgehead atoms. The lowest BCUT2D eigenvalue weighted by Crippen LogP contribution is -2.31. The summed E-state index contributed by atoms with van der Waals surface area (Å²) in [6.45, 7) is 0.722. The SMILES string of the molecule is O=C(c1cc2ccccc2o1)N1CCCSc2ccccc21. The summed E-state index contributed by atoms with van der Waals surface area (Å²) in [6.07, 6.45) is 0.977. The largest absolute Gasteiger partial charge is 0.451 e. The molecule has 2 heterocycles. The number of nitrogens with zero attached hydrogens (tertiary/aromatic N) is 1. The van der Waals surface area contributed by atoms with Crippen molar-refractivity contribution in [1.82, 2.24) is 0 Å². The van der Waals surface area contributed by atoms with Crippen LogP contribution in [0.1, 0.15) is 17.0 Å². The van der Waals surface area contributed by atoms with Gasteiger partial charge >= 0.3 is 0 Å². The Kier molecular flexibility index (Phi) is 3.39. The zero-order valence-electron chi connectivity index (χ0n) is 12.0. The van der Waals surface area contributed by atoms with Crippen molar-refractivity contribution in [2.45, 2.75) is 11.3 Å². The molecule has 0 N–H and O–H groups in total. The summed E-state index contributed by atoms with van der Waals surface area (Å²) in [5.41, 5.74) is 1.73. The Balaban J connectivity index is 1.75. The molecule has 0 fully saturated rings. The first-order valence-corrected chi connectivity index (χ1v) is 8.34. The van der Waals surface area contributed by atoms with E-state index in [9.17, 15) is 4.79 Å². The third-order valence-corrected chi connectivity index (χ3v) is 4.97. The number of para-hydroxylation sites is 2. The molecular weight excluding hydrogens is 294 g/mol. The predicted molar refractivity (Wildman–Crippen MR) is 89.7 cm³/mol. The number of amides is 1. The first-order valence-electron chi connectivity index (χ1n) is 7.35. The lowest BCUT2D eigenvalue weighted by molar-refractivity contribution is 0.0962. The normalized spacial score (nSPS) is 14.6. The van der Waals surface area contributed by atoms with Crippen molar-refractivity contribution < 1.29 is 9.21 Å². The lowest BCUT2D eigenvalue weighted by Gasteiger charge is -2.21. The van der Waals surface area contributed by atoms with Crippen LogP contribution in [0.25, 0.3) is 11.0 Å². The minimum Gasteiger partial charge on any atom is -0.451 e. The van der Waals surface area contributed by atoms with Crippen molar-refractivity contribution >= 4 is 34.3 Å². The van der Waals surface area contributed by atoms with E-state index in [-0.39, 0.29) is 5.91 Å². The Morgan fingerprint density at radius 1 is 1.09 bits per heavy atom. The molecule has 1 aromatic heterocycles. The van der Waals surface area contributed by atoms with Gasteiger partial charge in [0.15, 0.2) is 5.76 Å². The van der Waals surface area contributed by atoms with Crippen molar-refractivity contribution in [3.05, 3.63) is 60.4 Å². The quantitative estimate of drug-likeness (QED) is 0.660. The maximum Gasteiger partial charge on any atom is 0.294 e. The van der Waals surface area contributed by atoms with E-state index in [2.05, 4.69) is 6.07 Å². The van der Waals surface area contributed by atoms with Crippen LogP contribution in [0.5, 0.6) is 0 Å². The van der Waals surface area contributed by atoms with Gasteiger partial charge in [0.2, 0.25) is 0 Å². The molecule has 3 aromatic rings. The Bertz CT molecular complexity index is 807. The van der Waals surface area contributed by atoms with E-state index in [0.717, 1.165) is 40.3 Å². The van der Waals surface area contributed by atoms with Crippen LogP contribution in [0.3, 0.4) is 0 Å². The predicted octanol–water partition coefficient (Wildman–Crippen LogP) is 4.58. The monoisotopic (exact) mass is 309 g/mol. The van der Waals surface area contributed by atoms with Gasteiger partial charge in [-0.2, -0.15) is 0 Å². The second-order valence-electron chi connectivity index (χ2n) is 5.28. The van der Waals surface area contributed by atoms with Gasteiger partial charge in [0.1, 0.15) is 5.58 Å². The molecule has 22 heavy (non-hydrogen) atoms. The Morgan fingerprint density at radius 2 is 1.91 bits per heavy atom. The number of hydrogen-bond donors (Lipinski definition) is 0. The molecule has 3 nitrogen and oxygen atoms in total. The van der Waals surface area contributed by atoms with Gasteiger partial charge in [-0.3, -0.25) is 4.79 Å². The van der Waals surface area contributed by atoms with Gasteiger partial charge in [-0.1, -0.05) is 30.3 Å². The minimum atomic E-state index is -0.0637. The fourth-order valence-electron chi connectivity index (χ4n) is 2.76. The molecule has 110 valence electrons. The highest BCUT2D eigenvalue weighted by atomic mass is 32.2. The zero-order chi connectivity index (χ0) is 14.9. The molecule has 4 rings (SSSR count). The van der Waals surface area contributed by atoms with Crippen LogP contribution in [0, 0.1) is 0 Å². The second-order valence-corrected chi connectivity index (χ2v) is 6.41. The first-order chi connectivity index (χ1) is 10.8. The van der Waals surface area contributed by atoms with E-state index >= 15 is 0 Å². The number of hydrogen-bond acceptors (Lipinski definition) is 3. The number of thioether (sulfide) groups is 1. The summed E-state index contributed by atoms with van der Waals surface area (Å²) in [7, 11) is 0. The number of carbonyl (C=O) groups is 1. The van der Waals surface area contributed by atoms with E-state index in [0.29, 0.717) is 5.76 Å². The van der Waals surface area contributed by atoms with E-state index in [4.69, 9.17) is 4.42 Å². The van der Waals surface area contributed by atoms with Crippen molar-refractivity contribution in [1.29, 1.82) is 0 Å². The molecule has 0 unspecified atom stereocenters. The number of anilines is 1. The molecule has 1 aliphatic rings. The van der Waals surface area contributed by atoms with Crippen molar-refractivity contribution in [2.24, 2.45) is 0 Å². The lowest BCUT2D eigenvalue weighted by atomic mass is 10.2. The highest BCUT2D eigenvalue weighted by Crippen LogP contribution is 2.34. The van der Waals surface area contributed by atoms with E-state index < -0.39 is 0 Å². The van der Waals surface area contributed by atoms with Gasteiger partial charge in [0.25, 0.3) is 5.91 Å². The summed E-state index contributed by atoms with van der Waals surface area (Å²) in [4.78, 5) is 15.9. The summed E-state index contributed by atoms with van der Waals surface area (Å²) in [5, 5.41) is 0.961. The van der Waals surface area contributed by atoms with Gasteiger partial charge < -0.3 is 9.32 Å². The van der Waals surface area contributed by atoms with Crippen LogP contribution in [0.2, 0.25) is 0 Å². The standard InChI is InChI=1S/C18H15NO2S/c20-18(16-12-13-6-1-3-8-15(13)21-16)19-10-5-11-22-17-9-4-2-7-14(17)19/h1-4,6-9,12H,5,10-11H2. The molecule has 0 aliphatic carbocycles. The average molecular weight is 309 g/mol. The molecule has 0 atom stereocenters.